The molecule has 100 valence electrons. The first-order valence-corrected chi connectivity index (χ1v) is 6.58. The number of hydrogen-bond donors (Lipinski definition) is 2. The van der Waals surface area contributed by atoms with Crippen LogP contribution >= 0.6 is 11.6 Å². The van der Waals surface area contributed by atoms with Gasteiger partial charge in [0, 0.05) is 42.8 Å². The topological polar surface area (TPSA) is 35.5 Å². The van der Waals surface area contributed by atoms with Crippen molar-refractivity contribution in [3.63, 3.8) is 0 Å². The van der Waals surface area contributed by atoms with E-state index in [0.717, 1.165) is 26.2 Å². The number of piperazine rings is 1. The molecule has 2 N–H and O–H groups in total. The zero-order chi connectivity index (χ0) is 13.0. The summed E-state index contributed by atoms with van der Waals surface area (Å²) in [5, 5.41) is 13.2. The van der Waals surface area contributed by atoms with Gasteiger partial charge in [-0.3, -0.25) is 4.90 Å². The highest BCUT2D eigenvalue weighted by Gasteiger charge is 2.22. The number of rotatable bonds is 4. The summed E-state index contributed by atoms with van der Waals surface area (Å²) >= 11 is 6.02. The second kappa shape index (κ2) is 6.48. The summed E-state index contributed by atoms with van der Waals surface area (Å²) in [6.07, 6.45) is 0.446. The summed E-state index contributed by atoms with van der Waals surface area (Å²) in [6.45, 7) is 3.57. The molecule has 1 atom stereocenters. The van der Waals surface area contributed by atoms with Crippen LogP contribution < -0.4 is 5.32 Å². The predicted octanol–water partition coefficient (Wildman–Crippen LogP) is 1.29. The van der Waals surface area contributed by atoms with Gasteiger partial charge in [0.1, 0.15) is 5.82 Å². The van der Waals surface area contributed by atoms with Crippen molar-refractivity contribution < 1.29 is 9.50 Å². The van der Waals surface area contributed by atoms with E-state index in [1.165, 1.54) is 6.07 Å². The molecule has 1 fully saturated rings. The summed E-state index contributed by atoms with van der Waals surface area (Å²) in [4.78, 5) is 2.18. The third kappa shape index (κ3) is 3.20. The molecule has 1 heterocycles. The minimum Gasteiger partial charge on any atom is -0.395 e. The Morgan fingerprint density at radius 3 is 2.72 bits per heavy atom. The van der Waals surface area contributed by atoms with Crippen LogP contribution in [0.1, 0.15) is 5.56 Å². The minimum absolute atomic E-state index is 0.0185. The van der Waals surface area contributed by atoms with Gasteiger partial charge >= 0.3 is 0 Å². The first-order chi connectivity index (χ1) is 8.72. The van der Waals surface area contributed by atoms with Gasteiger partial charge in [0.15, 0.2) is 0 Å². The van der Waals surface area contributed by atoms with Gasteiger partial charge in [0.2, 0.25) is 0 Å². The van der Waals surface area contributed by atoms with Crippen molar-refractivity contribution in [1.82, 2.24) is 10.2 Å². The molecule has 3 nitrogen and oxygen atoms in total. The molecule has 1 saturated heterocycles. The molecule has 1 unspecified atom stereocenters. The fraction of sp³-hybridized carbons (Fsp3) is 0.538. The number of nitrogens with zero attached hydrogens (tertiary/aromatic N) is 1. The molecule has 1 aliphatic heterocycles. The maximum Gasteiger partial charge on any atom is 0.127 e. The summed E-state index contributed by atoms with van der Waals surface area (Å²) in [5.74, 6) is -0.295. The second-order valence-electron chi connectivity index (χ2n) is 4.53. The van der Waals surface area contributed by atoms with Crippen molar-refractivity contribution in [3.05, 3.63) is 34.6 Å². The van der Waals surface area contributed by atoms with Gasteiger partial charge in [-0.05, 0) is 18.6 Å². The van der Waals surface area contributed by atoms with E-state index in [2.05, 4.69) is 10.2 Å². The Kier molecular flexibility index (Phi) is 4.95. The van der Waals surface area contributed by atoms with Crippen molar-refractivity contribution in [1.29, 1.82) is 0 Å². The Morgan fingerprint density at radius 1 is 1.39 bits per heavy atom. The third-order valence-corrected chi connectivity index (χ3v) is 3.73. The fourth-order valence-corrected chi connectivity index (χ4v) is 2.56. The van der Waals surface area contributed by atoms with Gasteiger partial charge in [-0.25, -0.2) is 4.39 Å². The average molecular weight is 273 g/mol. The Morgan fingerprint density at radius 2 is 2.11 bits per heavy atom. The molecular weight excluding hydrogens is 255 g/mol. The van der Waals surface area contributed by atoms with Crippen LogP contribution in [0.2, 0.25) is 5.02 Å². The molecule has 0 amide bonds. The Bertz CT molecular complexity index is 376. The molecular formula is C13H18ClFN2O. The van der Waals surface area contributed by atoms with Crippen LogP contribution in [-0.2, 0) is 6.42 Å². The number of aliphatic hydroxyl groups excluding tert-OH is 1. The molecule has 5 heteroatoms. The van der Waals surface area contributed by atoms with Crippen LogP contribution in [0.5, 0.6) is 0 Å². The quantitative estimate of drug-likeness (QED) is 0.867. The lowest BCUT2D eigenvalue weighted by atomic mass is 10.0. The van der Waals surface area contributed by atoms with Gasteiger partial charge in [-0.2, -0.15) is 0 Å². The molecule has 0 bridgehead atoms. The van der Waals surface area contributed by atoms with Gasteiger partial charge < -0.3 is 10.4 Å². The monoisotopic (exact) mass is 272 g/mol. The van der Waals surface area contributed by atoms with E-state index in [0.29, 0.717) is 17.0 Å². The summed E-state index contributed by atoms with van der Waals surface area (Å²) in [7, 11) is 0. The minimum atomic E-state index is -0.295. The summed E-state index contributed by atoms with van der Waals surface area (Å²) in [6, 6.07) is 4.63. The average Bonchev–Trinajstić information content (AvgIpc) is 2.40. The van der Waals surface area contributed by atoms with E-state index in [9.17, 15) is 9.50 Å². The zero-order valence-corrected chi connectivity index (χ0v) is 11.0. The van der Waals surface area contributed by atoms with E-state index >= 15 is 0 Å². The van der Waals surface area contributed by atoms with Gasteiger partial charge in [0.05, 0.1) is 6.61 Å². The first kappa shape index (κ1) is 13.7. The number of aliphatic hydroxyl groups is 1. The Hall–Kier alpha value is -0.680. The second-order valence-corrected chi connectivity index (χ2v) is 4.93. The maximum atomic E-state index is 13.7. The van der Waals surface area contributed by atoms with E-state index in [1.54, 1.807) is 12.1 Å². The van der Waals surface area contributed by atoms with Crippen LogP contribution in [0.25, 0.3) is 0 Å². The molecule has 0 aromatic heterocycles. The zero-order valence-electron chi connectivity index (χ0n) is 10.2. The van der Waals surface area contributed by atoms with Crippen LogP contribution in [0.4, 0.5) is 4.39 Å². The van der Waals surface area contributed by atoms with E-state index in [1.807, 2.05) is 0 Å². The fourth-order valence-electron chi connectivity index (χ4n) is 2.32. The van der Waals surface area contributed by atoms with Crippen molar-refractivity contribution in [2.75, 3.05) is 32.8 Å². The predicted molar refractivity (Wildman–Crippen MR) is 70.4 cm³/mol. The maximum absolute atomic E-state index is 13.7. The molecule has 1 aliphatic rings. The van der Waals surface area contributed by atoms with Gasteiger partial charge in [0.25, 0.3) is 0 Å². The molecule has 18 heavy (non-hydrogen) atoms. The standard InChI is InChI=1S/C13H18ClFN2O/c14-12-2-1-3-13(15)11(12)8-10(9-18)17-6-4-16-5-7-17/h1-3,10,16,18H,4-9H2. The number of halogens is 2. The first-order valence-electron chi connectivity index (χ1n) is 6.21. The lowest BCUT2D eigenvalue weighted by Crippen LogP contribution is -2.50. The molecule has 0 aliphatic carbocycles. The molecule has 0 saturated carbocycles. The smallest absolute Gasteiger partial charge is 0.127 e. The Labute approximate surface area is 112 Å². The van der Waals surface area contributed by atoms with Crippen molar-refractivity contribution in [3.8, 4) is 0 Å². The lowest BCUT2D eigenvalue weighted by Gasteiger charge is -2.34. The molecule has 2 rings (SSSR count). The van der Waals surface area contributed by atoms with Crippen LogP contribution in [0.3, 0.4) is 0 Å². The van der Waals surface area contributed by atoms with Crippen molar-refractivity contribution >= 4 is 11.6 Å². The Balaban J connectivity index is 2.09. The van der Waals surface area contributed by atoms with Crippen LogP contribution in [0, 0.1) is 5.82 Å². The van der Waals surface area contributed by atoms with E-state index in [-0.39, 0.29) is 18.5 Å². The van der Waals surface area contributed by atoms with Crippen LogP contribution in [-0.4, -0.2) is 48.8 Å². The highest BCUT2D eigenvalue weighted by molar-refractivity contribution is 6.31. The molecule has 0 spiro atoms. The highest BCUT2D eigenvalue weighted by Crippen LogP contribution is 2.22. The van der Waals surface area contributed by atoms with Gasteiger partial charge in [-0.1, -0.05) is 17.7 Å². The summed E-state index contributed by atoms with van der Waals surface area (Å²) < 4.78 is 13.7. The number of benzene rings is 1. The molecule has 0 radical (unpaired) electrons. The van der Waals surface area contributed by atoms with Crippen LogP contribution in [0.15, 0.2) is 18.2 Å². The number of nitrogens with one attached hydrogen (secondary N) is 1. The lowest BCUT2D eigenvalue weighted by molar-refractivity contribution is 0.110. The highest BCUT2D eigenvalue weighted by atomic mass is 35.5. The van der Waals surface area contributed by atoms with E-state index in [4.69, 9.17) is 11.6 Å². The number of hydrogen-bond acceptors (Lipinski definition) is 3. The van der Waals surface area contributed by atoms with Crippen molar-refractivity contribution in [2.45, 2.75) is 12.5 Å². The molecule has 1 aromatic rings. The van der Waals surface area contributed by atoms with Gasteiger partial charge in [-0.15, -0.1) is 0 Å². The van der Waals surface area contributed by atoms with E-state index < -0.39 is 0 Å². The largest absolute Gasteiger partial charge is 0.395 e. The normalized spacial score (nSPS) is 18.8. The molecule has 1 aromatic carbocycles. The van der Waals surface area contributed by atoms with Crippen molar-refractivity contribution in [2.24, 2.45) is 0 Å². The third-order valence-electron chi connectivity index (χ3n) is 3.38. The summed E-state index contributed by atoms with van der Waals surface area (Å²) in [5.41, 5.74) is 0.497. The SMILES string of the molecule is OCC(Cc1c(F)cccc1Cl)N1CCNCC1.